The number of thiophene rings is 1. The summed E-state index contributed by atoms with van der Waals surface area (Å²) in [6, 6.07) is 6.90. The van der Waals surface area contributed by atoms with Crippen LogP contribution in [0.3, 0.4) is 0 Å². The van der Waals surface area contributed by atoms with Gasteiger partial charge in [-0.1, -0.05) is 6.07 Å². The number of nitrogen functional groups attached to an aromatic ring is 1. The Labute approximate surface area is 121 Å². The van der Waals surface area contributed by atoms with Crippen molar-refractivity contribution in [2.75, 3.05) is 10.6 Å². The van der Waals surface area contributed by atoms with Crippen LogP contribution in [0.2, 0.25) is 0 Å². The number of nitrogens with two attached hydrogens (primary N) is 1. The Morgan fingerprint density at radius 1 is 1.50 bits per heavy atom. The molecular weight excluding hydrogens is 276 g/mol. The lowest BCUT2D eigenvalue weighted by atomic mass is 10.2. The molecule has 0 amide bonds. The number of rotatable bonds is 5. The van der Waals surface area contributed by atoms with E-state index in [0.29, 0.717) is 12.4 Å². The molecule has 6 nitrogen and oxygen atoms in total. The van der Waals surface area contributed by atoms with Crippen LogP contribution in [-0.2, 0) is 6.54 Å². The van der Waals surface area contributed by atoms with Gasteiger partial charge in [0.25, 0.3) is 5.69 Å². The lowest BCUT2D eigenvalue weighted by Crippen LogP contribution is -2.30. The third-order valence-electron chi connectivity index (χ3n) is 2.85. The maximum atomic E-state index is 10.9. The molecule has 7 heteroatoms. The van der Waals surface area contributed by atoms with Gasteiger partial charge in [-0.05, 0) is 25.3 Å². The highest BCUT2D eigenvalue weighted by molar-refractivity contribution is 7.09. The molecule has 0 aliphatic rings. The molecule has 2 aromatic rings. The van der Waals surface area contributed by atoms with Crippen LogP contribution < -0.4 is 10.6 Å². The number of hydrogen-bond acceptors (Lipinski definition) is 6. The fourth-order valence-corrected chi connectivity index (χ4v) is 2.58. The molecule has 0 saturated heterocycles. The molecule has 0 aromatic carbocycles. The molecule has 0 radical (unpaired) electrons. The van der Waals surface area contributed by atoms with Gasteiger partial charge < -0.3 is 10.6 Å². The Hall–Kier alpha value is -2.15. The number of pyridine rings is 1. The molecule has 0 aliphatic heterocycles. The molecule has 2 rings (SSSR count). The molecule has 0 bridgehead atoms. The van der Waals surface area contributed by atoms with E-state index < -0.39 is 4.92 Å². The smallest absolute Gasteiger partial charge is 0.276 e. The average molecular weight is 292 g/mol. The van der Waals surface area contributed by atoms with E-state index in [-0.39, 0.29) is 17.5 Å². The minimum atomic E-state index is -0.453. The summed E-state index contributed by atoms with van der Waals surface area (Å²) in [5.74, 6) is 0.686. The van der Waals surface area contributed by atoms with Crippen molar-refractivity contribution in [1.82, 2.24) is 4.98 Å². The fourth-order valence-electron chi connectivity index (χ4n) is 1.87. The molecule has 20 heavy (non-hydrogen) atoms. The number of hydrogen-bond donors (Lipinski definition) is 1. The summed E-state index contributed by atoms with van der Waals surface area (Å²) in [7, 11) is 0. The topological polar surface area (TPSA) is 85.3 Å². The van der Waals surface area contributed by atoms with Crippen LogP contribution in [0.15, 0.2) is 29.6 Å². The zero-order valence-electron chi connectivity index (χ0n) is 11.3. The molecule has 2 N–H and O–H groups in total. The monoisotopic (exact) mass is 292 g/mol. The molecule has 0 aliphatic carbocycles. The van der Waals surface area contributed by atoms with Gasteiger partial charge in [-0.25, -0.2) is 4.98 Å². The van der Waals surface area contributed by atoms with Gasteiger partial charge in [-0.2, -0.15) is 0 Å². The molecule has 106 valence electrons. The lowest BCUT2D eigenvalue weighted by molar-refractivity contribution is -0.384. The third-order valence-corrected chi connectivity index (χ3v) is 3.71. The summed E-state index contributed by atoms with van der Waals surface area (Å²) in [4.78, 5) is 17.9. The van der Waals surface area contributed by atoms with Gasteiger partial charge in [0.15, 0.2) is 0 Å². The van der Waals surface area contributed by atoms with Gasteiger partial charge in [-0.3, -0.25) is 10.1 Å². The van der Waals surface area contributed by atoms with Gasteiger partial charge in [0, 0.05) is 10.9 Å². The first-order valence-corrected chi connectivity index (χ1v) is 7.06. The van der Waals surface area contributed by atoms with Gasteiger partial charge in [0.2, 0.25) is 0 Å². The van der Waals surface area contributed by atoms with Gasteiger partial charge in [-0.15, -0.1) is 11.3 Å². The van der Waals surface area contributed by atoms with E-state index in [1.807, 2.05) is 36.3 Å². The quantitative estimate of drug-likeness (QED) is 0.676. The Morgan fingerprint density at radius 3 is 2.80 bits per heavy atom. The highest BCUT2D eigenvalue weighted by atomic mass is 32.1. The zero-order valence-corrected chi connectivity index (χ0v) is 12.1. The second kappa shape index (κ2) is 5.87. The first-order chi connectivity index (χ1) is 9.47. The fraction of sp³-hybridized carbons (Fsp3) is 0.308. The van der Waals surface area contributed by atoms with Crippen molar-refractivity contribution in [2.45, 2.75) is 26.4 Å². The second-order valence-electron chi connectivity index (χ2n) is 4.67. The van der Waals surface area contributed by atoms with E-state index in [9.17, 15) is 10.1 Å². The van der Waals surface area contributed by atoms with Crippen molar-refractivity contribution in [3.05, 3.63) is 44.6 Å². The lowest BCUT2D eigenvalue weighted by Gasteiger charge is -2.27. The molecule has 2 heterocycles. The zero-order chi connectivity index (χ0) is 14.7. The number of aromatic nitrogens is 1. The SMILES string of the molecule is CC(C)N(Cc1cccs1)c1cc([N+](=O)[O-])cc(N)n1. The standard InChI is InChI=1S/C13H16N4O2S/c1-9(2)16(8-11-4-3-5-20-11)13-7-10(17(18)19)6-12(14)15-13/h3-7,9H,8H2,1-2H3,(H2,14,15). The summed E-state index contributed by atoms with van der Waals surface area (Å²) in [5.41, 5.74) is 5.63. The van der Waals surface area contributed by atoms with Gasteiger partial charge in [0.05, 0.1) is 23.6 Å². The Kier molecular flexibility index (Phi) is 4.19. The van der Waals surface area contributed by atoms with E-state index in [1.165, 1.54) is 17.0 Å². The molecule has 0 unspecified atom stereocenters. The molecule has 0 atom stereocenters. The average Bonchev–Trinajstić information content (AvgIpc) is 2.87. The van der Waals surface area contributed by atoms with Gasteiger partial charge in [0.1, 0.15) is 11.6 Å². The van der Waals surface area contributed by atoms with Crippen LogP contribution in [0.5, 0.6) is 0 Å². The minimum Gasteiger partial charge on any atom is -0.383 e. The first kappa shape index (κ1) is 14.3. The highest BCUT2D eigenvalue weighted by Crippen LogP contribution is 2.25. The van der Waals surface area contributed by atoms with Crippen LogP contribution in [0, 0.1) is 10.1 Å². The van der Waals surface area contributed by atoms with E-state index >= 15 is 0 Å². The molecular formula is C13H16N4O2S. The Balaban J connectivity index is 2.36. The normalized spacial score (nSPS) is 10.8. The predicted octanol–water partition coefficient (Wildman–Crippen LogP) is 3.05. The van der Waals surface area contributed by atoms with Crippen molar-refractivity contribution >= 4 is 28.7 Å². The van der Waals surface area contributed by atoms with E-state index in [0.717, 1.165) is 0 Å². The highest BCUT2D eigenvalue weighted by Gasteiger charge is 2.18. The molecule has 0 spiro atoms. The second-order valence-corrected chi connectivity index (χ2v) is 5.70. The van der Waals surface area contributed by atoms with Crippen LogP contribution in [0.4, 0.5) is 17.3 Å². The summed E-state index contributed by atoms with van der Waals surface area (Å²) in [6.07, 6.45) is 0. The van der Waals surface area contributed by atoms with Gasteiger partial charge >= 0.3 is 0 Å². The van der Waals surface area contributed by atoms with Crippen molar-refractivity contribution in [3.63, 3.8) is 0 Å². The molecule has 0 fully saturated rings. The Morgan fingerprint density at radius 2 is 2.25 bits per heavy atom. The van der Waals surface area contributed by atoms with Crippen molar-refractivity contribution < 1.29 is 4.92 Å². The first-order valence-electron chi connectivity index (χ1n) is 6.18. The summed E-state index contributed by atoms with van der Waals surface area (Å²) in [5, 5.41) is 12.9. The third kappa shape index (κ3) is 3.24. The van der Waals surface area contributed by atoms with E-state index in [2.05, 4.69) is 4.98 Å². The van der Waals surface area contributed by atoms with Crippen LogP contribution >= 0.6 is 11.3 Å². The van der Waals surface area contributed by atoms with Crippen molar-refractivity contribution in [3.8, 4) is 0 Å². The predicted molar refractivity (Wildman–Crippen MR) is 80.9 cm³/mol. The summed E-state index contributed by atoms with van der Waals surface area (Å²) < 4.78 is 0. The van der Waals surface area contributed by atoms with Crippen LogP contribution in [0.25, 0.3) is 0 Å². The maximum absolute atomic E-state index is 10.9. The minimum absolute atomic E-state index is 0.0377. The summed E-state index contributed by atoms with van der Waals surface area (Å²) in [6.45, 7) is 4.69. The summed E-state index contributed by atoms with van der Waals surface area (Å²) >= 11 is 1.64. The van der Waals surface area contributed by atoms with Crippen molar-refractivity contribution in [1.29, 1.82) is 0 Å². The van der Waals surface area contributed by atoms with Crippen LogP contribution in [0.1, 0.15) is 18.7 Å². The van der Waals surface area contributed by atoms with E-state index in [1.54, 1.807) is 11.3 Å². The number of nitro groups is 1. The Bertz CT molecular complexity index is 598. The maximum Gasteiger partial charge on any atom is 0.276 e. The largest absolute Gasteiger partial charge is 0.383 e. The van der Waals surface area contributed by atoms with Crippen LogP contribution in [-0.4, -0.2) is 15.9 Å². The van der Waals surface area contributed by atoms with Crippen molar-refractivity contribution in [2.24, 2.45) is 0 Å². The molecule has 2 aromatic heterocycles. The van der Waals surface area contributed by atoms with E-state index in [4.69, 9.17) is 5.73 Å². The number of nitrogens with zero attached hydrogens (tertiary/aromatic N) is 3. The molecule has 0 saturated carbocycles. The number of anilines is 2.